The van der Waals surface area contributed by atoms with Crippen LogP contribution in [0.2, 0.25) is 0 Å². The molecule has 0 aliphatic carbocycles. The molecular formula is C12H21BrN4O. The number of halogens is 1. The molecule has 0 aliphatic rings. The molecule has 1 unspecified atom stereocenters. The topological polar surface area (TPSA) is 50.2 Å². The second-order valence-corrected chi connectivity index (χ2v) is 5.47. The van der Waals surface area contributed by atoms with Crippen LogP contribution in [0.4, 0.5) is 0 Å². The Bertz CT molecular complexity index is 430. The first-order chi connectivity index (χ1) is 8.36. The van der Waals surface area contributed by atoms with Crippen molar-refractivity contribution in [3.8, 4) is 0 Å². The van der Waals surface area contributed by atoms with Crippen LogP contribution in [-0.2, 0) is 18.4 Å². The Hall–Kier alpha value is -0.880. The quantitative estimate of drug-likeness (QED) is 0.891. The third-order valence-corrected chi connectivity index (χ3v) is 3.99. The zero-order chi connectivity index (χ0) is 13.9. The number of hydrogen-bond acceptors (Lipinski definition) is 3. The molecule has 0 bridgehead atoms. The van der Waals surface area contributed by atoms with Crippen LogP contribution in [0, 0.1) is 12.8 Å². The maximum absolute atomic E-state index is 11.5. The van der Waals surface area contributed by atoms with Gasteiger partial charge in [0.05, 0.1) is 15.9 Å². The summed E-state index contributed by atoms with van der Waals surface area (Å²) in [6, 6.07) is 0. The Morgan fingerprint density at radius 2 is 2.22 bits per heavy atom. The number of nitrogens with zero attached hydrogens (tertiary/aromatic N) is 3. The molecule has 0 aromatic carbocycles. The van der Waals surface area contributed by atoms with Crippen molar-refractivity contribution in [3.05, 3.63) is 15.9 Å². The van der Waals surface area contributed by atoms with Gasteiger partial charge in [-0.1, -0.05) is 6.92 Å². The summed E-state index contributed by atoms with van der Waals surface area (Å²) in [5, 5.41) is 7.03. The molecule has 1 heterocycles. The first-order valence-corrected chi connectivity index (χ1v) is 6.74. The van der Waals surface area contributed by atoms with E-state index in [0.717, 1.165) is 29.0 Å². The average molecular weight is 317 g/mol. The molecule has 1 N–H and O–H groups in total. The van der Waals surface area contributed by atoms with Crippen LogP contribution in [-0.4, -0.2) is 41.2 Å². The fourth-order valence-corrected chi connectivity index (χ4v) is 2.43. The van der Waals surface area contributed by atoms with E-state index in [0.29, 0.717) is 0 Å². The van der Waals surface area contributed by atoms with Gasteiger partial charge < -0.3 is 5.32 Å². The number of amides is 1. The second kappa shape index (κ2) is 6.33. The summed E-state index contributed by atoms with van der Waals surface area (Å²) >= 11 is 3.55. The molecule has 0 spiro atoms. The normalized spacial score (nSPS) is 12.8. The third-order valence-electron chi connectivity index (χ3n) is 2.96. The molecule has 1 atom stereocenters. The van der Waals surface area contributed by atoms with E-state index in [1.165, 1.54) is 0 Å². The molecule has 1 aromatic rings. The SMILES string of the molecule is CNC(=O)C(C)CN(C)Cc1c(Br)c(C)nn1C. The van der Waals surface area contributed by atoms with Crippen LogP contribution in [0.5, 0.6) is 0 Å². The van der Waals surface area contributed by atoms with Crippen molar-refractivity contribution in [2.45, 2.75) is 20.4 Å². The molecule has 102 valence electrons. The first kappa shape index (κ1) is 15.2. The monoisotopic (exact) mass is 316 g/mol. The molecule has 0 aliphatic heterocycles. The van der Waals surface area contributed by atoms with E-state index >= 15 is 0 Å². The highest BCUT2D eigenvalue weighted by Crippen LogP contribution is 2.21. The maximum Gasteiger partial charge on any atom is 0.223 e. The number of rotatable bonds is 5. The van der Waals surface area contributed by atoms with E-state index in [4.69, 9.17) is 0 Å². The molecule has 0 fully saturated rings. The zero-order valence-corrected chi connectivity index (χ0v) is 13.2. The number of aryl methyl sites for hydroxylation is 2. The summed E-state index contributed by atoms with van der Waals surface area (Å²) < 4.78 is 2.92. The van der Waals surface area contributed by atoms with Gasteiger partial charge >= 0.3 is 0 Å². The van der Waals surface area contributed by atoms with Gasteiger partial charge in [0.25, 0.3) is 0 Å². The van der Waals surface area contributed by atoms with Gasteiger partial charge in [-0.3, -0.25) is 14.4 Å². The van der Waals surface area contributed by atoms with Gasteiger partial charge in [-0.05, 0) is 29.9 Å². The van der Waals surface area contributed by atoms with Crippen molar-refractivity contribution >= 4 is 21.8 Å². The highest BCUT2D eigenvalue weighted by Gasteiger charge is 2.17. The van der Waals surface area contributed by atoms with Crippen LogP contribution in [0.15, 0.2) is 4.47 Å². The van der Waals surface area contributed by atoms with Crippen LogP contribution in [0.25, 0.3) is 0 Å². The molecule has 0 saturated heterocycles. The Balaban J connectivity index is 2.65. The fraction of sp³-hybridized carbons (Fsp3) is 0.667. The largest absolute Gasteiger partial charge is 0.359 e. The summed E-state index contributed by atoms with van der Waals surface area (Å²) in [6.45, 7) is 5.38. The van der Waals surface area contributed by atoms with Gasteiger partial charge in [0, 0.05) is 33.1 Å². The van der Waals surface area contributed by atoms with E-state index in [-0.39, 0.29) is 11.8 Å². The van der Waals surface area contributed by atoms with Gasteiger partial charge in [0.2, 0.25) is 5.91 Å². The van der Waals surface area contributed by atoms with Gasteiger partial charge in [-0.15, -0.1) is 0 Å². The highest BCUT2D eigenvalue weighted by molar-refractivity contribution is 9.10. The molecule has 0 saturated carbocycles. The number of carbonyl (C=O) groups excluding carboxylic acids is 1. The smallest absolute Gasteiger partial charge is 0.223 e. The Labute approximate surface area is 117 Å². The van der Waals surface area contributed by atoms with E-state index in [1.807, 2.05) is 32.6 Å². The summed E-state index contributed by atoms with van der Waals surface area (Å²) in [7, 11) is 5.61. The summed E-state index contributed by atoms with van der Waals surface area (Å²) in [5.41, 5.74) is 2.11. The van der Waals surface area contributed by atoms with Crippen molar-refractivity contribution in [2.24, 2.45) is 13.0 Å². The minimum absolute atomic E-state index is 0.0203. The van der Waals surface area contributed by atoms with Crippen LogP contribution >= 0.6 is 15.9 Å². The molecule has 1 rings (SSSR count). The van der Waals surface area contributed by atoms with E-state index < -0.39 is 0 Å². The minimum Gasteiger partial charge on any atom is -0.359 e. The van der Waals surface area contributed by atoms with Crippen molar-refractivity contribution in [1.82, 2.24) is 20.0 Å². The molecular weight excluding hydrogens is 296 g/mol. The molecule has 5 nitrogen and oxygen atoms in total. The fourth-order valence-electron chi connectivity index (χ4n) is 1.97. The van der Waals surface area contributed by atoms with E-state index in [9.17, 15) is 4.79 Å². The third kappa shape index (κ3) is 3.55. The number of aromatic nitrogens is 2. The number of nitrogens with one attached hydrogen (secondary N) is 1. The summed E-state index contributed by atoms with van der Waals surface area (Å²) in [6.07, 6.45) is 0. The lowest BCUT2D eigenvalue weighted by atomic mass is 10.1. The highest BCUT2D eigenvalue weighted by atomic mass is 79.9. The summed E-state index contributed by atoms with van der Waals surface area (Å²) in [4.78, 5) is 13.6. The van der Waals surface area contributed by atoms with Gasteiger partial charge in [0.1, 0.15) is 0 Å². The number of hydrogen-bond donors (Lipinski definition) is 1. The lowest BCUT2D eigenvalue weighted by Gasteiger charge is -2.20. The van der Waals surface area contributed by atoms with Gasteiger partial charge in [-0.25, -0.2) is 0 Å². The van der Waals surface area contributed by atoms with Crippen molar-refractivity contribution < 1.29 is 4.79 Å². The Morgan fingerprint density at radius 1 is 1.61 bits per heavy atom. The average Bonchev–Trinajstić information content (AvgIpc) is 2.54. The molecule has 18 heavy (non-hydrogen) atoms. The Kier molecular flexibility index (Phi) is 5.34. The lowest BCUT2D eigenvalue weighted by Crippen LogP contribution is -2.34. The zero-order valence-electron chi connectivity index (χ0n) is 11.6. The van der Waals surface area contributed by atoms with Crippen molar-refractivity contribution in [2.75, 3.05) is 20.6 Å². The minimum atomic E-state index is -0.0203. The maximum atomic E-state index is 11.5. The second-order valence-electron chi connectivity index (χ2n) is 4.68. The molecule has 1 aromatic heterocycles. The summed E-state index contributed by atoms with van der Waals surface area (Å²) in [5.74, 6) is 0.0511. The van der Waals surface area contributed by atoms with Gasteiger partial charge in [-0.2, -0.15) is 5.10 Å². The van der Waals surface area contributed by atoms with E-state index in [2.05, 4.69) is 31.2 Å². The molecule has 0 radical (unpaired) electrons. The standard InChI is InChI=1S/C12H21BrN4O/c1-8(12(18)14-3)6-16(4)7-10-11(13)9(2)15-17(10)5/h8H,6-7H2,1-5H3,(H,14,18). The van der Waals surface area contributed by atoms with Gasteiger partial charge in [0.15, 0.2) is 0 Å². The molecule has 6 heteroatoms. The first-order valence-electron chi connectivity index (χ1n) is 5.95. The lowest BCUT2D eigenvalue weighted by molar-refractivity contribution is -0.124. The van der Waals surface area contributed by atoms with Crippen LogP contribution in [0.1, 0.15) is 18.3 Å². The van der Waals surface area contributed by atoms with Crippen LogP contribution < -0.4 is 5.32 Å². The van der Waals surface area contributed by atoms with Crippen molar-refractivity contribution in [1.29, 1.82) is 0 Å². The van der Waals surface area contributed by atoms with E-state index in [1.54, 1.807) is 7.05 Å². The number of carbonyl (C=O) groups is 1. The Morgan fingerprint density at radius 3 is 2.67 bits per heavy atom. The van der Waals surface area contributed by atoms with Crippen molar-refractivity contribution in [3.63, 3.8) is 0 Å². The predicted octanol–water partition coefficient (Wildman–Crippen LogP) is 1.30. The molecule has 1 amide bonds. The predicted molar refractivity (Wildman–Crippen MR) is 75.2 cm³/mol. The van der Waals surface area contributed by atoms with Crippen LogP contribution in [0.3, 0.4) is 0 Å².